The van der Waals surface area contributed by atoms with E-state index in [1.54, 1.807) is 7.11 Å². The highest BCUT2D eigenvalue weighted by molar-refractivity contribution is 7.78. The van der Waals surface area contributed by atoms with Crippen molar-refractivity contribution in [1.29, 1.82) is 0 Å². The predicted octanol–water partition coefficient (Wildman–Crippen LogP) is 2.34. The van der Waals surface area contributed by atoms with Crippen LogP contribution in [0.2, 0.25) is 0 Å². The van der Waals surface area contributed by atoms with Crippen LogP contribution in [0.25, 0.3) is 0 Å². The number of methoxy groups -OCH3 is 1. The van der Waals surface area contributed by atoms with Crippen molar-refractivity contribution in [2.45, 2.75) is 6.42 Å². The second kappa shape index (κ2) is 5.46. The first kappa shape index (κ1) is 9.90. The Morgan fingerprint density at radius 2 is 2.38 bits per heavy atom. The molecule has 0 unspecified atom stereocenters. The Balaban J connectivity index is 2.60. The lowest BCUT2D eigenvalue weighted by Gasteiger charge is -2.01. The van der Waals surface area contributed by atoms with Crippen molar-refractivity contribution in [3.8, 4) is 5.75 Å². The van der Waals surface area contributed by atoms with Gasteiger partial charge < -0.3 is 4.74 Å². The smallest absolute Gasteiger partial charge is 0.119 e. The zero-order valence-electron chi connectivity index (χ0n) is 7.49. The summed E-state index contributed by atoms with van der Waals surface area (Å²) in [6, 6.07) is 7.93. The minimum atomic E-state index is 0.691. The molecule has 13 heavy (non-hydrogen) atoms. The molecule has 0 aromatic heterocycles. The maximum atomic E-state index is 5.09. The molecular weight excluding hydrogens is 182 g/mol. The first-order valence-electron chi connectivity index (χ1n) is 4.03. The van der Waals surface area contributed by atoms with Gasteiger partial charge in [-0.3, -0.25) is 0 Å². The molecule has 0 aliphatic heterocycles. The molecule has 0 amide bonds. The van der Waals surface area contributed by atoms with Gasteiger partial charge in [-0.05, 0) is 36.3 Å². The van der Waals surface area contributed by atoms with Gasteiger partial charge in [-0.1, -0.05) is 12.1 Å². The second-order valence-corrected chi connectivity index (χ2v) is 2.76. The Bertz CT molecular complexity index is 318. The fraction of sp³-hybridized carbons (Fsp3) is 0.300. The SMILES string of the molecule is COc1cccc(CCN=C=S)c1. The molecule has 2 nitrogen and oxygen atoms in total. The number of nitrogens with zero attached hydrogens (tertiary/aromatic N) is 1. The topological polar surface area (TPSA) is 21.6 Å². The van der Waals surface area contributed by atoms with Crippen molar-refractivity contribution in [2.24, 2.45) is 4.99 Å². The molecule has 0 fully saturated rings. The molecule has 0 atom stereocenters. The van der Waals surface area contributed by atoms with Crippen LogP contribution in [0.5, 0.6) is 5.75 Å². The Labute approximate surface area is 83.3 Å². The van der Waals surface area contributed by atoms with Gasteiger partial charge in [0.05, 0.1) is 18.8 Å². The Hall–Kier alpha value is -1.18. The van der Waals surface area contributed by atoms with E-state index in [9.17, 15) is 0 Å². The van der Waals surface area contributed by atoms with E-state index in [4.69, 9.17) is 4.74 Å². The van der Waals surface area contributed by atoms with Gasteiger partial charge in [0.1, 0.15) is 5.75 Å². The molecule has 0 saturated heterocycles. The quantitative estimate of drug-likeness (QED) is 0.540. The van der Waals surface area contributed by atoms with E-state index in [1.165, 1.54) is 5.56 Å². The van der Waals surface area contributed by atoms with Crippen LogP contribution in [0.15, 0.2) is 29.3 Å². The maximum Gasteiger partial charge on any atom is 0.119 e. The molecule has 0 N–H and O–H groups in total. The van der Waals surface area contributed by atoms with E-state index < -0.39 is 0 Å². The number of ether oxygens (including phenoxy) is 1. The number of hydrogen-bond acceptors (Lipinski definition) is 3. The molecule has 1 rings (SSSR count). The number of thiocarbonyl (C=S) groups is 1. The van der Waals surface area contributed by atoms with Gasteiger partial charge in [-0.25, -0.2) is 4.99 Å². The Morgan fingerprint density at radius 3 is 3.08 bits per heavy atom. The van der Waals surface area contributed by atoms with Crippen LogP contribution in [0, 0.1) is 0 Å². The lowest BCUT2D eigenvalue weighted by molar-refractivity contribution is 0.414. The maximum absolute atomic E-state index is 5.09. The van der Waals surface area contributed by atoms with Gasteiger partial charge in [0.15, 0.2) is 0 Å². The Kier molecular flexibility index (Phi) is 4.16. The summed E-state index contributed by atoms with van der Waals surface area (Å²) in [4.78, 5) is 3.85. The van der Waals surface area contributed by atoms with E-state index in [2.05, 4.69) is 22.4 Å². The van der Waals surface area contributed by atoms with Crippen LogP contribution in [0.4, 0.5) is 0 Å². The van der Waals surface area contributed by atoms with Crippen LogP contribution in [0.1, 0.15) is 5.56 Å². The summed E-state index contributed by atoms with van der Waals surface area (Å²) in [5.41, 5.74) is 1.20. The monoisotopic (exact) mass is 193 g/mol. The van der Waals surface area contributed by atoms with Gasteiger partial charge in [0, 0.05) is 0 Å². The van der Waals surface area contributed by atoms with Crippen LogP contribution < -0.4 is 4.74 Å². The zero-order valence-corrected chi connectivity index (χ0v) is 8.30. The van der Waals surface area contributed by atoms with Gasteiger partial charge in [-0.15, -0.1) is 0 Å². The Morgan fingerprint density at radius 1 is 1.54 bits per heavy atom. The molecule has 0 aliphatic rings. The highest BCUT2D eigenvalue weighted by Crippen LogP contribution is 2.12. The lowest BCUT2D eigenvalue weighted by Crippen LogP contribution is -1.90. The largest absolute Gasteiger partial charge is 0.497 e. The van der Waals surface area contributed by atoms with E-state index in [0.717, 1.165) is 12.2 Å². The highest BCUT2D eigenvalue weighted by Gasteiger charge is 1.94. The number of benzene rings is 1. The number of isothiocyanates is 1. The fourth-order valence-corrected chi connectivity index (χ4v) is 1.15. The van der Waals surface area contributed by atoms with Gasteiger partial charge in [0.25, 0.3) is 0 Å². The van der Waals surface area contributed by atoms with Crippen molar-refractivity contribution in [3.05, 3.63) is 29.8 Å². The van der Waals surface area contributed by atoms with Gasteiger partial charge >= 0.3 is 0 Å². The van der Waals surface area contributed by atoms with Crippen molar-refractivity contribution in [2.75, 3.05) is 13.7 Å². The van der Waals surface area contributed by atoms with E-state index in [0.29, 0.717) is 6.54 Å². The minimum Gasteiger partial charge on any atom is -0.497 e. The fourth-order valence-electron chi connectivity index (χ4n) is 1.06. The third-order valence-electron chi connectivity index (χ3n) is 1.71. The average Bonchev–Trinajstić information content (AvgIpc) is 2.19. The summed E-state index contributed by atoms with van der Waals surface area (Å²) in [6.07, 6.45) is 0.876. The predicted molar refractivity (Wildman–Crippen MR) is 56.6 cm³/mol. The van der Waals surface area contributed by atoms with Crippen molar-refractivity contribution in [3.63, 3.8) is 0 Å². The minimum absolute atomic E-state index is 0.691. The van der Waals surface area contributed by atoms with Crippen molar-refractivity contribution >= 4 is 17.4 Å². The van der Waals surface area contributed by atoms with Crippen LogP contribution in [-0.2, 0) is 6.42 Å². The molecule has 1 aromatic rings. The normalized spacial score (nSPS) is 9.00. The number of aliphatic imine (C=N–C) groups is 1. The summed E-state index contributed by atoms with van der Waals surface area (Å²) in [6.45, 7) is 0.691. The molecule has 1 aromatic carbocycles. The first-order chi connectivity index (χ1) is 6.36. The third kappa shape index (κ3) is 3.36. The molecular formula is C10H11NOS. The van der Waals surface area contributed by atoms with Crippen LogP contribution >= 0.6 is 12.2 Å². The van der Waals surface area contributed by atoms with Crippen LogP contribution in [0.3, 0.4) is 0 Å². The third-order valence-corrected chi connectivity index (χ3v) is 1.84. The second-order valence-electron chi connectivity index (χ2n) is 2.57. The summed E-state index contributed by atoms with van der Waals surface area (Å²) < 4.78 is 5.09. The van der Waals surface area contributed by atoms with E-state index in [1.807, 2.05) is 24.3 Å². The molecule has 0 spiro atoms. The summed E-state index contributed by atoms with van der Waals surface area (Å²) in [5.74, 6) is 0.879. The summed E-state index contributed by atoms with van der Waals surface area (Å²) in [5, 5.41) is 2.34. The standard InChI is InChI=1S/C10H11NOS/c1-12-10-4-2-3-9(7-10)5-6-11-8-13/h2-4,7H,5-6H2,1H3. The average molecular weight is 193 g/mol. The molecule has 0 heterocycles. The number of hydrogen-bond donors (Lipinski definition) is 0. The van der Waals surface area contributed by atoms with Gasteiger partial charge in [0.2, 0.25) is 0 Å². The van der Waals surface area contributed by atoms with Crippen LogP contribution in [-0.4, -0.2) is 18.8 Å². The molecule has 0 bridgehead atoms. The summed E-state index contributed by atoms with van der Waals surface area (Å²) in [7, 11) is 1.66. The van der Waals surface area contributed by atoms with Gasteiger partial charge in [-0.2, -0.15) is 0 Å². The summed E-state index contributed by atoms with van der Waals surface area (Å²) >= 11 is 4.47. The van der Waals surface area contributed by atoms with E-state index in [-0.39, 0.29) is 0 Å². The molecule has 3 heteroatoms. The molecule has 0 saturated carbocycles. The number of rotatable bonds is 4. The lowest BCUT2D eigenvalue weighted by atomic mass is 10.1. The molecule has 0 radical (unpaired) electrons. The first-order valence-corrected chi connectivity index (χ1v) is 4.44. The van der Waals surface area contributed by atoms with E-state index >= 15 is 0 Å². The molecule has 68 valence electrons. The van der Waals surface area contributed by atoms with Crippen molar-refractivity contribution < 1.29 is 4.74 Å². The highest BCUT2D eigenvalue weighted by atomic mass is 32.1. The zero-order chi connectivity index (χ0) is 9.52. The van der Waals surface area contributed by atoms with Crippen molar-refractivity contribution in [1.82, 2.24) is 0 Å². The molecule has 0 aliphatic carbocycles.